The molecule has 1 aliphatic rings. The van der Waals surface area contributed by atoms with Crippen LogP contribution in [-0.4, -0.2) is 12.1 Å². The van der Waals surface area contributed by atoms with Gasteiger partial charge in [-0.3, -0.25) is 0 Å². The standard InChI is InChI=1S/C15H31N/c1-5-13-8-10-14(11-9-13)7-6-12-16-15(2,3)4/h13-14,16H,5-12H2,1-4H3. The summed E-state index contributed by atoms with van der Waals surface area (Å²) in [4.78, 5) is 0. The van der Waals surface area contributed by atoms with Gasteiger partial charge in [-0.25, -0.2) is 0 Å². The summed E-state index contributed by atoms with van der Waals surface area (Å²) in [7, 11) is 0. The Morgan fingerprint density at radius 3 is 2.06 bits per heavy atom. The fourth-order valence-electron chi connectivity index (χ4n) is 2.78. The first-order valence-electron chi connectivity index (χ1n) is 7.26. The highest BCUT2D eigenvalue weighted by molar-refractivity contribution is 4.74. The van der Waals surface area contributed by atoms with Crippen LogP contribution in [0.25, 0.3) is 0 Å². The van der Waals surface area contributed by atoms with Gasteiger partial charge in [0.05, 0.1) is 0 Å². The number of nitrogens with one attached hydrogen (secondary N) is 1. The van der Waals surface area contributed by atoms with Crippen LogP contribution in [-0.2, 0) is 0 Å². The van der Waals surface area contributed by atoms with E-state index in [1.165, 1.54) is 51.5 Å². The summed E-state index contributed by atoms with van der Waals surface area (Å²) in [5, 5.41) is 3.58. The van der Waals surface area contributed by atoms with Crippen molar-refractivity contribution in [3.63, 3.8) is 0 Å². The van der Waals surface area contributed by atoms with E-state index in [2.05, 4.69) is 33.0 Å². The zero-order valence-electron chi connectivity index (χ0n) is 11.8. The van der Waals surface area contributed by atoms with Crippen LogP contribution in [0.5, 0.6) is 0 Å². The van der Waals surface area contributed by atoms with Gasteiger partial charge < -0.3 is 5.32 Å². The highest BCUT2D eigenvalue weighted by Gasteiger charge is 2.19. The largest absolute Gasteiger partial charge is 0.312 e. The second kappa shape index (κ2) is 6.64. The highest BCUT2D eigenvalue weighted by atomic mass is 14.9. The minimum atomic E-state index is 0.292. The molecule has 0 aliphatic heterocycles. The summed E-state index contributed by atoms with van der Waals surface area (Å²) < 4.78 is 0. The molecule has 96 valence electrons. The normalized spacial score (nSPS) is 27.0. The molecule has 1 rings (SSSR count). The lowest BCUT2D eigenvalue weighted by Crippen LogP contribution is -2.36. The summed E-state index contributed by atoms with van der Waals surface area (Å²) in [6.07, 6.45) is 10.2. The van der Waals surface area contributed by atoms with E-state index in [1.54, 1.807) is 0 Å². The van der Waals surface area contributed by atoms with Gasteiger partial charge >= 0.3 is 0 Å². The molecule has 0 amide bonds. The lowest BCUT2D eigenvalue weighted by Gasteiger charge is -2.28. The van der Waals surface area contributed by atoms with Crippen LogP contribution in [0.1, 0.15) is 72.6 Å². The molecule has 16 heavy (non-hydrogen) atoms. The topological polar surface area (TPSA) is 12.0 Å². The SMILES string of the molecule is CCC1CCC(CCCNC(C)(C)C)CC1. The second-order valence-corrected chi connectivity index (χ2v) is 6.61. The van der Waals surface area contributed by atoms with E-state index in [0.29, 0.717) is 5.54 Å². The van der Waals surface area contributed by atoms with Gasteiger partial charge in [-0.2, -0.15) is 0 Å². The monoisotopic (exact) mass is 225 g/mol. The van der Waals surface area contributed by atoms with Crippen LogP contribution in [0.15, 0.2) is 0 Å². The Kier molecular flexibility index (Phi) is 5.82. The minimum Gasteiger partial charge on any atom is -0.312 e. The molecule has 1 saturated carbocycles. The Balaban J connectivity index is 2.02. The van der Waals surface area contributed by atoms with Gasteiger partial charge in [-0.1, -0.05) is 39.0 Å². The average Bonchev–Trinajstić information content (AvgIpc) is 2.24. The predicted molar refractivity (Wildman–Crippen MR) is 72.7 cm³/mol. The Morgan fingerprint density at radius 2 is 1.56 bits per heavy atom. The van der Waals surface area contributed by atoms with Crippen LogP contribution in [0.4, 0.5) is 0 Å². The Bertz CT molecular complexity index is 172. The summed E-state index contributed by atoms with van der Waals surface area (Å²) >= 11 is 0. The van der Waals surface area contributed by atoms with E-state index >= 15 is 0 Å². The van der Waals surface area contributed by atoms with Gasteiger partial charge in [0.1, 0.15) is 0 Å². The third-order valence-corrected chi connectivity index (χ3v) is 3.99. The highest BCUT2D eigenvalue weighted by Crippen LogP contribution is 2.32. The maximum atomic E-state index is 3.58. The van der Waals surface area contributed by atoms with Crippen molar-refractivity contribution in [1.29, 1.82) is 0 Å². The molecule has 0 saturated heterocycles. The number of hydrogen-bond acceptors (Lipinski definition) is 1. The van der Waals surface area contributed by atoms with Crippen molar-refractivity contribution in [1.82, 2.24) is 5.32 Å². The molecule has 0 unspecified atom stereocenters. The van der Waals surface area contributed by atoms with Gasteiger partial charge in [0.25, 0.3) is 0 Å². The molecule has 0 atom stereocenters. The second-order valence-electron chi connectivity index (χ2n) is 6.61. The van der Waals surface area contributed by atoms with Crippen molar-refractivity contribution in [3.05, 3.63) is 0 Å². The fraction of sp³-hybridized carbons (Fsp3) is 1.00. The molecular formula is C15H31N. The molecule has 0 bridgehead atoms. The van der Waals surface area contributed by atoms with Crippen LogP contribution < -0.4 is 5.32 Å². The third kappa shape index (κ3) is 5.89. The smallest absolute Gasteiger partial charge is 0.00965 e. The van der Waals surface area contributed by atoms with Gasteiger partial charge in [0.15, 0.2) is 0 Å². The van der Waals surface area contributed by atoms with Gasteiger partial charge in [0, 0.05) is 5.54 Å². The van der Waals surface area contributed by atoms with Crippen molar-refractivity contribution < 1.29 is 0 Å². The van der Waals surface area contributed by atoms with E-state index < -0.39 is 0 Å². The zero-order chi connectivity index (χ0) is 12.0. The molecule has 0 heterocycles. The summed E-state index contributed by atoms with van der Waals surface area (Å²) in [6, 6.07) is 0. The molecule has 0 aromatic carbocycles. The van der Waals surface area contributed by atoms with Crippen molar-refractivity contribution >= 4 is 0 Å². The molecule has 0 spiro atoms. The third-order valence-electron chi connectivity index (χ3n) is 3.99. The van der Waals surface area contributed by atoms with Crippen molar-refractivity contribution in [3.8, 4) is 0 Å². The summed E-state index contributed by atoms with van der Waals surface area (Å²) in [6.45, 7) is 10.3. The maximum Gasteiger partial charge on any atom is 0.00965 e. The predicted octanol–water partition coefficient (Wildman–Crippen LogP) is 4.37. The zero-order valence-corrected chi connectivity index (χ0v) is 11.8. The molecule has 0 radical (unpaired) electrons. The van der Waals surface area contributed by atoms with E-state index in [0.717, 1.165) is 11.8 Å². The van der Waals surface area contributed by atoms with E-state index in [4.69, 9.17) is 0 Å². The first kappa shape index (κ1) is 14.0. The molecule has 1 N–H and O–H groups in total. The molecule has 1 aliphatic carbocycles. The van der Waals surface area contributed by atoms with Crippen LogP contribution >= 0.6 is 0 Å². The number of hydrogen-bond donors (Lipinski definition) is 1. The van der Waals surface area contributed by atoms with Gasteiger partial charge in [-0.05, 0) is 52.0 Å². The van der Waals surface area contributed by atoms with Gasteiger partial charge in [-0.15, -0.1) is 0 Å². The molecule has 0 aromatic rings. The lowest BCUT2D eigenvalue weighted by molar-refractivity contribution is 0.252. The molecule has 0 aromatic heterocycles. The van der Waals surface area contributed by atoms with Crippen molar-refractivity contribution in [2.24, 2.45) is 11.8 Å². The van der Waals surface area contributed by atoms with E-state index in [1.807, 2.05) is 0 Å². The number of rotatable bonds is 5. The average molecular weight is 225 g/mol. The van der Waals surface area contributed by atoms with Crippen LogP contribution in [0.2, 0.25) is 0 Å². The summed E-state index contributed by atoms with van der Waals surface area (Å²) in [5.41, 5.74) is 0.292. The Labute approximate surface area is 102 Å². The quantitative estimate of drug-likeness (QED) is 0.685. The molecule has 1 heteroatoms. The van der Waals surface area contributed by atoms with Crippen LogP contribution in [0, 0.1) is 11.8 Å². The summed E-state index contributed by atoms with van der Waals surface area (Å²) in [5.74, 6) is 2.08. The lowest BCUT2D eigenvalue weighted by atomic mass is 9.79. The Morgan fingerprint density at radius 1 is 1.00 bits per heavy atom. The minimum absolute atomic E-state index is 0.292. The molecule has 1 fully saturated rings. The maximum absolute atomic E-state index is 3.58. The fourth-order valence-corrected chi connectivity index (χ4v) is 2.78. The van der Waals surface area contributed by atoms with Crippen molar-refractivity contribution in [2.45, 2.75) is 78.2 Å². The van der Waals surface area contributed by atoms with Crippen LogP contribution in [0.3, 0.4) is 0 Å². The molecular weight excluding hydrogens is 194 g/mol. The van der Waals surface area contributed by atoms with E-state index in [9.17, 15) is 0 Å². The van der Waals surface area contributed by atoms with Crippen molar-refractivity contribution in [2.75, 3.05) is 6.54 Å². The van der Waals surface area contributed by atoms with E-state index in [-0.39, 0.29) is 0 Å². The Hall–Kier alpha value is -0.0400. The molecule has 1 nitrogen and oxygen atoms in total. The first-order valence-corrected chi connectivity index (χ1v) is 7.26. The van der Waals surface area contributed by atoms with Gasteiger partial charge in [0.2, 0.25) is 0 Å². The first-order chi connectivity index (χ1) is 7.51.